The Kier molecular flexibility index (Phi) is 4.10. The van der Waals surface area contributed by atoms with Crippen LogP contribution in [0.15, 0.2) is 18.2 Å². The van der Waals surface area contributed by atoms with Gasteiger partial charge in [-0.25, -0.2) is 4.39 Å². The van der Waals surface area contributed by atoms with Crippen molar-refractivity contribution in [3.8, 4) is 0 Å². The van der Waals surface area contributed by atoms with Crippen LogP contribution in [0.2, 0.25) is 0 Å². The lowest BCUT2D eigenvalue weighted by Crippen LogP contribution is -2.02. The summed E-state index contributed by atoms with van der Waals surface area (Å²) in [5, 5.41) is 8.29. The lowest BCUT2D eigenvalue weighted by Gasteiger charge is -2.06. The third kappa shape index (κ3) is 2.33. The Bertz CT molecular complexity index is 339. The fourth-order valence-corrected chi connectivity index (χ4v) is 1.71. The highest BCUT2D eigenvalue weighted by atomic mass is 32.2. The number of aliphatic hydroxyl groups is 1. The molecule has 1 aromatic rings. The van der Waals surface area contributed by atoms with E-state index in [0.717, 1.165) is 11.8 Å². The van der Waals surface area contributed by atoms with Crippen LogP contribution in [0.3, 0.4) is 0 Å². The fourth-order valence-electron chi connectivity index (χ4n) is 1.25. The Morgan fingerprint density at radius 1 is 1.57 bits per heavy atom. The van der Waals surface area contributed by atoms with Gasteiger partial charge >= 0.3 is 0 Å². The highest BCUT2D eigenvalue weighted by Crippen LogP contribution is 2.19. The van der Waals surface area contributed by atoms with Crippen molar-refractivity contribution in [3.63, 3.8) is 0 Å². The summed E-state index contributed by atoms with van der Waals surface area (Å²) in [6.07, 6.45) is 0.472. The minimum absolute atomic E-state index is 0.279. The zero-order chi connectivity index (χ0) is 10.6. The standard InChI is InChI=1S/C10H11FO2S/c1-2-7-8(10(13)14-6-12)4-3-5-9(7)11/h3-5,12H,2,6H2,1H3. The number of benzene rings is 1. The number of rotatable bonds is 3. The molecular formula is C10H11FO2S. The molecule has 14 heavy (non-hydrogen) atoms. The number of aliphatic hydroxyl groups excluding tert-OH is 1. The molecule has 0 atom stereocenters. The van der Waals surface area contributed by atoms with Crippen LogP contribution in [0.1, 0.15) is 22.8 Å². The minimum atomic E-state index is -0.364. The van der Waals surface area contributed by atoms with E-state index in [0.29, 0.717) is 17.5 Å². The zero-order valence-corrected chi connectivity index (χ0v) is 8.60. The Morgan fingerprint density at radius 3 is 2.86 bits per heavy atom. The van der Waals surface area contributed by atoms with Gasteiger partial charge in [-0.05, 0) is 18.1 Å². The average molecular weight is 214 g/mol. The Hall–Kier alpha value is -0.870. The lowest BCUT2D eigenvalue weighted by atomic mass is 10.1. The summed E-state index contributed by atoms with van der Waals surface area (Å²) in [5.41, 5.74) is 0.769. The highest BCUT2D eigenvalue weighted by molar-refractivity contribution is 8.14. The van der Waals surface area contributed by atoms with Crippen molar-refractivity contribution in [2.24, 2.45) is 0 Å². The SMILES string of the molecule is CCc1c(F)cccc1C(=O)SCO. The topological polar surface area (TPSA) is 37.3 Å². The van der Waals surface area contributed by atoms with E-state index in [2.05, 4.69) is 0 Å². The van der Waals surface area contributed by atoms with Crippen molar-refractivity contribution in [2.45, 2.75) is 13.3 Å². The third-order valence-electron chi connectivity index (χ3n) is 1.89. The van der Waals surface area contributed by atoms with Crippen LogP contribution < -0.4 is 0 Å². The largest absolute Gasteiger partial charge is 0.385 e. The van der Waals surface area contributed by atoms with Crippen molar-refractivity contribution in [1.82, 2.24) is 0 Å². The first-order chi connectivity index (χ1) is 6.70. The molecule has 1 N–H and O–H groups in total. The zero-order valence-electron chi connectivity index (χ0n) is 7.79. The van der Waals surface area contributed by atoms with E-state index in [1.54, 1.807) is 13.0 Å². The lowest BCUT2D eigenvalue weighted by molar-refractivity contribution is 0.108. The number of halogens is 1. The number of carbonyl (C=O) groups is 1. The summed E-state index contributed by atoms with van der Waals surface area (Å²) in [6, 6.07) is 4.41. The van der Waals surface area contributed by atoms with E-state index in [1.165, 1.54) is 12.1 Å². The van der Waals surface area contributed by atoms with Crippen LogP contribution in [0.5, 0.6) is 0 Å². The van der Waals surface area contributed by atoms with E-state index in [-0.39, 0.29) is 16.9 Å². The molecule has 0 spiro atoms. The van der Waals surface area contributed by atoms with Gasteiger partial charge in [0, 0.05) is 5.56 Å². The van der Waals surface area contributed by atoms with Gasteiger partial charge < -0.3 is 5.11 Å². The maximum absolute atomic E-state index is 13.2. The van der Waals surface area contributed by atoms with Gasteiger partial charge in [-0.15, -0.1) is 0 Å². The summed E-state index contributed by atoms with van der Waals surface area (Å²) < 4.78 is 13.2. The van der Waals surface area contributed by atoms with Crippen LogP contribution >= 0.6 is 11.8 Å². The van der Waals surface area contributed by atoms with Crippen LogP contribution in [-0.4, -0.2) is 16.2 Å². The van der Waals surface area contributed by atoms with Gasteiger partial charge in [0.25, 0.3) is 0 Å². The first kappa shape index (κ1) is 11.2. The first-order valence-corrected chi connectivity index (χ1v) is 5.24. The summed E-state index contributed by atoms with van der Waals surface area (Å²) in [6.45, 7) is 1.79. The van der Waals surface area contributed by atoms with Gasteiger partial charge in [0.1, 0.15) is 5.82 Å². The van der Waals surface area contributed by atoms with Gasteiger partial charge in [0.05, 0.1) is 5.94 Å². The Balaban J connectivity index is 3.07. The molecule has 2 nitrogen and oxygen atoms in total. The van der Waals surface area contributed by atoms with Crippen LogP contribution in [0.4, 0.5) is 4.39 Å². The van der Waals surface area contributed by atoms with Crippen LogP contribution in [0, 0.1) is 5.82 Å². The first-order valence-electron chi connectivity index (χ1n) is 4.26. The number of carbonyl (C=O) groups excluding carboxylic acids is 1. The number of hydrogen-bond donors (Lipinski definition) is 1. The molecule has 4 heteroatoms. The summed E-state index contributed by atoms with van der Waals surface area (Å²) in [7, 11) is 0. The molecule has 0 saturated heterocycles. The average Bonchev–Trinajstić information content (AvgIpc) is 2.17. The van der Waals surface area contributed by atoms with Crippen molar-refractivity contribution in [3.05, 3.63) is 35.1 Å². The second-order valence-corrected chi connectivity index (χ2v) is 3.60. The predicted octanol–water partition coefficient (Wildman–Crippen LogP) is 2.21. The normalized spacial score (nSPS) is 10.2. The minimum Gasteiger partial charge on any atom is -0.385 e. The molecule has 0 aromatic heterocycles. The molecule has 0 saturated carbocycles. The fraction of sp³-hybridized carbons (Fsp3) is 0.300. The molecule has 1 rings (SSSR count). The molecule has 0 heterocycles. The van der Waals surface area contributed by atoms with Gasteiger partial charge in [0.15, 0.2) is 0 Å². The molecule has 1 aromatic carbocycles. The van der Waals surface area contributed by atoms with E-state index in [4.69, 9.17) is 5.11 Å². The summed E-state index contributed by atoms with van der Waals surface area (Å²) >= 11 is 0.773. The van der Waals surface area contributed by atoms with Crippen LogP contribution in [0.25, 0.3) is 0 Å². The second-order valence-electron chi connectivity index (χ2n) is 2.68. The Morgan fingerprint density at radius 2 is 2.29 bits per heavy atom. The third-order valence-corrected chi connectivity index (χ3v) is 2.50. The van der Waals surface area contributed by atoms with Gasteiger partial charge in [-0.1, -0.05) is 30.8 Å². The van der Waals surface area contributed by atoms with Gasteiger partial charge in [-0.2, -0.15) is 0 Å². The molecule has 0 aliphatic heterocycles. The van der Waals surface area contributed by atoms with Crippen molar-refractivity contribution < 1.29 is 14.3 Å². The van der Waals surface area contributed by atoms with Crippen molar-refractivity contribution in [2.75, 3.05) is 5.94 Å². The number of hydrogen-bond acceptors (Lipinski definition) is 3. The van der Waals surface area contributed by atoms with Gasteiger partial charge in [-0.3, -0.25) is 4.79 Å². The summed E-state index contributed by atoms with van der Waals surface area (Å²) in [4.78, 5) is 11.4. The smallest absolute Gasteiger partial charge is 0.221 e. The predicted molar refractivity (Wildman–Crippen MR) is 54.8 cm³/mol. The van der Waals surface area contributed by atoms with E-state index >= 15 is 0 Å². The summed E-state index contributed by atoms with van der Waals surface area (Å²) in [5.74, 6) is -0.643. The maximum atomic E-state index is 13.2. The second kappa shape index (κ2) is 5.12. The molecule has 0 aliphatic carbocycles. The van der Waals surface area contributed by atoms with E-state index < -0.39 is 0 Å². The molecule has 0 unspecified atom stereocenters. The maximum Gasteiger partial charge on any atom is 0.221 e. The van der Waals surface area contributed by atoms with Crippen molar-refractivity contribution >= 4 is 16.9 Å². The molecule has 0 aliphatic rings. The van der Waals surface area contributed by atoms with E-state index in [9.17, 15) is 9.18 Å². The van der Waals surface area contributed by atoms with Gasteiger partial charge in [0.2, 0.25) is 5.12 Å². The van der Waals surface area contributed by atoms with Crippen molar-refractivity contribution in [1.29, 1.82) is 0 Å². The monoisotopic (exact) mass is 214 g/mol. The quantitative estimate of drug-likeness (QED) is 0.784. The molecule has 0 amide bonds. The van der Waals surface area contributed by atoms with Crippen LogP contribution in [-0.2, 0) is 6.42 Å². The molecule has 0 bridgehead atoms. The molecule has 0 fully saturated rings. The molecule has 0 radical (unpaired) electrons. The Labute approximate surface area is 86.1 Å². The number of thioether (sulfide) groups is 1. The highest BCUT2D eigenvalue weighted by Gasteiger charge is 2.13. The van der Waals surface area contributed by atoms with E-state index in [1.807, 2.05) is 0 Å². The molecule has 76 valence electrons. The molecular weight excluding hydrogens is 203 g/mol.